The number of aliphatic hydroxyl groups excluding tert-OH is 1. The maximum atomic E-state index is 13.2. The SMILES string of the molecule is COC(=O)c1csc([C@@H](OS(C)(=O)=O)[C@H](O)[C@H](O[Si](C)(C)C(C)(C)C)C(=O)OCc2ccccc2)n1. The predicted molar refractivity (Wildman–Crippen MR) is 136 cm³/mol. The summed E-state index contributed by atoms with van der Waals surface area (Å²) in [5, 5.41) is 12.3. The van der Waals surface area contributed by atoms with E-state index in [-0.39, 0.29) is 22.3 Å². The van der Waals surface area contributed by atoms with Gasteiger partial charge in [-0.15, -0.1) is 11.3 Å². The van der Waals surface area contributed by atoms with E-state index in [0.717, 1.165) is 23.2 Å². The van der Waals surface area contributed by atoms with Gasteiger partial charge in [0.25, 0.3) is 10.1 Å². The number of nitrogens with zero attached hydrogens (tertiary/aromatic N) is 1. The number of esters is 2. The van der Waals surface area contributed by atoms with E-state index >= 15 is 0 Å². The molecule has 0 aliphatic heterocycles. The number of aromatic nitrogens is 1. The second-order valence-electron chi connectivity index (χ2n) is 9.67. The highest BCUT2D eigenvalue weighted by molar-refractivity contribution is 7.86. The largest absolute Gasteiger partial charge is 0.464 e. The molecule has 1 N–H and O–H groups in total. The quantitative estimate of drug-likeness (QED) is 0.247. The number of benzene rings is 1. The molecule has 0 fully saturated rings. The van der Waals surface area contributed by atoms with Gasteiger partial charge in [0.05, 0.1) is 13.4 Å². The molecule has 0 saturated carbocycles. The van der Waals surface area contributed by atoms with Crippen molar-refractivity contribution in [2.75, 3.05) is 13.4 Å². The summed E-state index contributed by atoms with van der Waals surface area (Å²) >= 11 is 0.876. The minimum absolute atomic E-state index is 0.0481. The molecule has 200 valence electrons. The maximum Gasteiger partial charge on any atom is 0.357 e. The van der Waals surface area contributed by atoms with Gasteiger partial charge in [-0.2, -0.15) is 8.42 Å². The summed E-state index contributed by atoms with van der Waals surface area (Å²) in [6, 6.07) is 8.94. The predicted octanol–water partition coefficient (Wildman–Crippen LogP) is 3.44. The van der Waals surface area contributed by atoms with Crippen molar-refractivity contribution in [2.24, 2.45) is 0 Å². The summed E-state index contributed by atoms with van der Waals surface area (Å²) in [5.74, 6) is -1.63. The van der Waals surface area contributed by atoms with Gasteiger partial charge < -0.3 is 19.0 Å². The minimum atomic E-state index is -4.13. The van der Waals surface area contributed by atoms with Crippen molar-refractivity contribution in [1.29, 1.82) is 0 Å². The lowest BCUT2D eigenvalue weighted by molar-refractivity contribution is -0.163. The number of ether oxygens (including phenoxy) is 2. The van der Waals surface area contributed by atoms with Crippen LogP contribution in [0.5, 0.6) is 0 Å². The van der Waals surface area contributed by atoms with E-state index in [4.69, 9.17) is 13.3 Å². The Morgan fingerprint density at radius 2 is 1.78 bits per heavy atom. The molecule has 13 heteroatoms. The Hall–Kier alpha value is -2.16. The number of aliphatic hydroxyl groups is 1. The zero-order chi connectivity index (χ0) is 27.3. The molecule has 0 saturated heterocycles. The topological polar surface area (TPSA) is 138 Å². The van der Waals surface area contributed by atoms with Crippen molar-refractivity contribution in [1.82, 2.24) is 4.98 Å². The summed E-state index contributed by atoms with van der Waals surface area (Å²) in [6.45, 7) is 9.53. The maximum absolute atomic E-state index is 13.2. The molecule has 1 aromatic heterocycles. The number of thiazole rings is 1. The van der Waals surface area contributed by atoms with Crippen LogP contribution in [0.3, 0.4) is 0 Å². The smallest absolute Gasteiger partial charge is 0.357 e. The highest BCUT2D eigenvalue weighted by Crippen LogP contribution is 2.39. The van der Waals surface area contributed by atoms with Crippen LogP contribution in [0.2, 0.25) is 18.1 Å². The van der Waals surface area contributed by atoms with Crippen molar-refractivity contribution in [3.8, 4) is 0 Å². The van der Waals surface area contributed by atoms with E-state index in [1.54, 1.807) is 24.3 Å². The fourth-order valence-electron chi connectivity index (χ4n) is 2.77. The van der Waals surface area contributed by atoms with E-state index in [2.05, 4.69) is 9.72 Å². The van der Waals surface area contributed by atoms with Gasteiger partial charge in [-0.05, 0) is 23.7 Å². The Morgan fingerprint density at radius 1 is 1.17 bits per heavy atom. The van der Waals surface area contributed by atoms with Crippen LogP contribution < -0.4 is 0 Å². The van der Waals surface area contributed by atoms with Crippen molar-refractivity contribution in [3.05, 3.63) is 52.0 Å². The van der Waals surface area contributed by atoms with Crippen LogP contribution in [-0.2, 0) is 39.6 Å². The molecule has 0 spiro atoms. The molecule has 3 atom stereocenters. The van der Waals surface area contributed by atoms with Crippen LogP contribution in [0, 0.1) is 0 Å². The third-order valence-electron chi connectivity index (χ3n) is 5.74. The van der Waals surface area contributed by atoms with Gasteiger partial charge >= 0.3 is 11.9 Å². The number of hydrogen-bond acceptors (Lipinski definition) is 11. The zero-order valence-corrected chi connectivity index (χ0v) is 24.0. The van der Waals surface area contributed by atoms with Crippen LogP contribution in [-0.4, -0.2) is 64.3 Å². The first-order valence-corrected chi connectivity index (χ1v) is 16.6. The summed E-state index contributed by atoms with van der Waals surface area (Å²) in [5.41, 5.74) is 0.623. The molecule has 10 nitrogen and oxygen atoms in total. The van der Waals surface area contributed by atoms with Gasteiger partial charge in [0, 0.05) is 5.38 Å². The number of carbonyl (C=O) groups excluding carboxylic acids is 2. The third-order valence-corrected chi connectivity index (χ3v) is 11.7. The molecule has 1 aromatic carbocycles. The Morgan fingerprint density at radius 3 is 2.31 bits per heavy atom. The average Bonchev–Trinajstić information content (AvgIpc) is 3.28. The summed E-state index contributed by atoms with van der Waals surface area (Å²) in [4.78, 5) is 29.2. The monoisotopic (exact) mass is 559 g/mol. The molecule has 0 radical (unpaired) electrons. The first kappa shape index (κ1) is 30.1. The van der Waals surface area contributed by atoms with Crippen LogP contribution >= 0.6 is 11.3 Å². The molecule has 0 bridgehead atoms. The second-order valence-corrected chi connectivity index (χ2v) is 16.9. The summed E-state index contributed by atoms with van der Waals surface area (Å²) < 4.78 is 45.6. The molecule has 36 heavy (non-hydrogen) atoms. The lowest BCUT2D eigenvalue weighted by Crippen LogP contribution is -2.52. The van der Waals surface area contributed by atoms with E-state index < -0.39 is 48.7 Å². The highest BCUT2D eigenvalue weighted by atomic mass is 32.2. The van der Waals surface area contributed by atoms with Gasteiger partial charge in [-0.1, -0.05) is 51.1 Å². The lowest BCUT2D eigenvalue weighted by Gasteiger charge is -2.40. The lowest BCUT2D eigenvalue weighted by atomic mass is 10.1. The molecular weight excluding hydrogens is 526 g/mol. The van der Waals surface area contributed by atoms with Crippen molar-refractivity contribution >= 4 is 41.7 Å². The number of hydrogen-bond donors (Lipinski definition) is 1. The molecule has 0 unspecified atom stereocenters. The molecular formula is C23H33NO9S2Si. The van der Waals surface area contributed by atoms with Gasteiger partial charge in [-0.25, -0.2) is 14.6 Å². The van der Waals surface area contributed by atoms with Gasteiger partial charge in [0.2, 0.25) is 0 Å². The van der Waals surface area contributed by atoms with Crippen LogP contribution in [0.25, 0.3) is 0 Å². The molecule has 0 amide bonds. The van der Waals surface area contributed by atoms with Crippen LogP contribution in [0.15, 0.2) is 35.7 Å². The summed E-state index contributed by atoms with van der Waals surface area (Å²) in [7, 11) is -5.64. The molecule has 0 aliphatic rings. The van der Waals surface area contributed by atoms with Gasteiger partial charge in [0.15, 0.2) is 26.2 Å². The van der Waals surface area contributed by atoms with Crippen molar-refractivity contribution in [3.63, 3.8) is 0 Å². The Kier molecular flexibility index (Phi) is 9.96. The van der Waals surface area contributed by atoms with E-state index in [1.807, 2.05) is 39.9 Å². The van der Waals surface area contributed by atoms with E-state index in [9.17, 15) is 23.1 Å². The number of methoxy groups -OCH3 is 1. The minimum Gasteiger partial charge on any atom is -0.464 e. The van der Waals surface area contributed by atoms with Gasteiger partial charge in [-0.3, -0.25) is 4.18 Å². The molecule has 2 rings (SSSR count). The summed E-state index contributed by atoms with van der Waals surface area (Å²) in [6.07, 6.45) is -4.25. The highest BCUT2D eigenvalue weighted by Gasteiger charge is 2.47. The first-order valence-electron chi connectivity index (χ1n) is 11.0. The third kappa shape index (κ3) is 8.18. The molecule has 1 heterocycles. The Labute approximate surface area is 216 Å². The Balaban J connectivity index is 2.46. The van der Waals surface area contributed by atoms with E-state index in [0.29, 0.717) is 0 Å². The zero-order valence-electron chi connectivity index (χ0n) is 21.4. The first-order chi connectivity index (χ1) is 16.6. The average molecular weight is 560 g/mol. The molecule has 2 aromatic rings. The van der Waals surface area contributed by atoms with E-state index in [1.165, 1.54) is 12.5 Å². The number of rotatable bonds is 11. The Bertz CT molecular complexity index is 1140. The van der Waals surface area contributed by atoms with Gasteiger partial charge in [0.1, 0.15) is 17.7 Å². The normalized spacial score (nSPS) is 15.1. The van der Waals surface area contributed by atoms with Crippen molar-refractivity contribution < 1.29 is 41.2 Å². The number of carbonyl (C=O) groups is 2. The fourth-order valence-corrected chi connectivity index (χ4v) is 5.49. The second kappa shape index (κ2) is 11.9. The fraction of sp³-hybridized carbons (Fsp3) is 0.522. The van der Waals surface area contributed by atoms with Crippen LogP contribution in [0.1, 0.15) is 47.9 Å². The van der Waals surface area contributed by atoms with Crippen molar-refractivity contribution in [2.45, 2.75) is 63.8 Å². The molecule has 0 aliphatic carbocycles. The van der Waals surface area contributed by atoms with Crippen LogP contribution in [0.4, 0.5) is 0 Å². The standard InChI is InChI=1S/C23H33NO9S2Si/c1-23(2,3)36(6,7)33-19(22(27)31-13-15-11-9-8-10-12-15)17(25)18(32-35(5,28)29)20-24-16(14-34-20)21(26)30-4/h8-12,14,17-19,25H,13H2,1-7H3/t17-,18-,19-/m0/s1.